The minimum atomic E-state index is -0.264. The summed E-state index contributed by atoms with van der Waals surface area (Å²) in [5, 5.41) is 25.1. The Balaban J connectivity index is 1.19. The van der Waals surface area contributed by atoms with Crippen molar-refractivity contribution in [3.8, 4) is 5.75 Å². The van der Waals surface area contributed by atoms with Gasteiger partial charge in [0.1, 0.15) is 5.75 Å². The molecule has 0 aromatic heterocycles. The molecule has 37 heavy (non-hydrogen) atoms. The zero-order valence-electron chi connectivity index (χ0n) is 23.4. The predicted molar refractivity (Wildman–Crippen MR) is 146 cm³/mol. The molecule has 0 aliphatic heterocycles. The Morgan fingerprint density at radius 3 is 2.54 bits per heavy atom. The molecule has 0 spiro atoms. The van der Waals surface area contributed by atoms with Crippen LogP contribution in [0.4, 0.5) is 0 Å². The lowest BCUT2D eigenvalue weighted by Gasteiger charge is -2.62. The topological polar surface area (TPSA) is 78.8 Å². The first kappa shape index (κ1) is 27.0. The Kier molecular flexibility index (Phi) is 7.68. The third-order valence-corrected chi connectivity index (χ3v) is 12.0. The first-order valence-corrected chi connectivity index (χ1v) is 14.9. The lowest BCUT2D eigenvalue weighted by atomic mass is 9.43. The molecule has 4 fully saturated rings. The van der Waals surface area contributed by atoms with Crippen molar-refractivity contribution in [2.45, 2.75) is 104 Å². The first-order valence-electron chi connectivity index (χ1n) is 14.9. The summed E-state index contributed by atoms with van der Waals surface area (Å²) >= 11 is 0. The van der Waals surface area contributed by atoms with E-state index >= 15 is 0 Å². The maximum absolute atomic E-state index is 12.7. The number of benzene rings is 1. The number of rotatable bonds is 7. The molecule has 1 aromatic carbocycles. The molecule has 4 aliphatic rings. The third-order valence-electron chi connectivity index (χ3n) is 12.0. The van der Waals surface area contributed by atoms with Gasteiger partial charge >= 0.3 is 0 Å². The number of hydrogen-bond acceptors (Lipinski definition) is 4. The fourth-order valence-corrected chi connectivity index (χ4v) is 9.75. The number of ether oxygens (including phenoxy) is 1. The van der Waals surface area contributed by atoms with Crippen LogP contribution in [0.5, 0.6) is 5.75 Å². The Labute approximate surface area is 223 Å². The summed E-state index contributed by atoms with van der Waals surface area (Å²) in [6.07, 6.45) is 9.84. The molecule has 1 aromatic rings. The van der Waals surface area contributed by atoms with E-state index in [9.17, 15) is 15.0 Å². The molecule has 0 saturated heterocycles. The minimum absolute atomic E-state index is 0.0441. The van der Waals surface area contributed by atoms with Crippen LogP contribution in [0.3, 0.4) is 0 Å². The largest absolute Gasteiger partial charge is 0.497 e. The molecule has 0 radical (unpaired) electrons. The highest BCUT2D eigenvalue weighted by molar-refractivity contribution is 5.75. The van der Waals surface area contributed by atoms with E-state index in [1.165, 1.54) is 25.7 Å². The quantitative estimate of drug-likeness (QED) is 0.438. The molecule has 3 N–H and O–H groups in total. The van der Waals surface area contributed by atoms with Crippen molar-refractivity contribution in [1.82, 2.24) is 5.32 Å². The molecule has 4 saturated carbocycles. The highest BCUT2D eigenvalue weighted by atomic mass is 16.5. The van der Waals surface area contributed by atoms with Gasteiger partial charge in [0.05, 0.1) is 19.3 Å². The summed E-state index contributed by atoms with van der Waals surface area (Å²) in [5.74, 6) is 4.31. The van der Waals surface area contributed by atoms with Gasteiger partial charge in [-0.3, -0.25) is 4.79 Å². The van der Waals surface area contributed by atoms with Crippen molar-refractivity contribution >= 4 is 5.91 Å². The van der Waals surface area contributed by atoms with Crippen LogP contribution >= 0.6 is 0 Å². The van der Waals surface area contributed by atoms with Gasteiger partial charge in [0.25, 0.3) is 0 Å². The van der Waals surface area contributed by atoms with Crippen molar-refractivity contribution in [2.24, 2.45) is 46.3 Å². The average molecular weight is 512 g/mol. The molecule has 10 atom stereocenters. The zero-order valence-corrected chi connectivity index (χ0v) is 23.4. The van der Waals surface area contributed by atoms with Gasteiger partial charge in [-0.05, 0) is 122 Å². The lowest BCUT2D eigenvalue weighted by Crippen LogP contribution is -2.58. The van der Waals surface area contributed by atoms with Crippen LogP contribution in [-0.2, 0) is 11.3 Å². The van der Waals surface area contributed by atoms with Crippen LogP contribution in [0.2, 0.25) is 0 Å². The fraction of sp³-hybridized carbons (Fsp3) is 0.781. The summed E-state index contributed by atoms with van der Waals surface area (Å²) in [7, 11) is 1.66. The van der Waals surface area contributed by atoms with E-state index in [1.54, 1.807) is 7.11 Å². The Morgan fingerprint density at radius 2 is 1.81 bits per heavy atom. The Hall–Kier alpha value is -1.59. The number of hydrogen-bond donors (Lipinski definition) is 3. The standard InChI is InChI=1S/C32H49NO4/c1-20(5-14-30(36)33-19-21-6-9-24(37-4)10-7-21)26-12-13-27-25-11-8-22-17-23(34)15-16-31(22,2)28(25)18-29(35)32(26,27)3/h6-7,9-10,20,22-23,25-29,34-35H,5,8,11-19H2,1-4H3,(H,33,36)/t20-,22+,23-,25+,26+,27-,28-,29+,31+,32-/m1/s1. The molecule has 0 bridgehead atoms. The zero-order chi connectivity index (χ0) is 26.4. The highest BCUT2D eigenvalue weighted by Crippen LogP contribution is 2.68. The average Bonchev–Trinajstić information content (AvgIpc) is 3.26. The van der Waals surface area contributed by atoms with Crippen LogP contribution in [-0.4, -0.2) is 35.4 Å². The summed E-state index contributed by atoms with van der Waals surface area (Å²) in [6.45, 7) is 7.72. The number of aliphatic hydroxyl groups is 2. The SMILES string of the molecule is COc1ccc(CNC(=O)CC[C@@H](C)[C@@H]2CC[C@@H]3[C@@H]4CC[C@H]5C[C@H](O)CC[C@]5(C)[C@@H]4C[C@H](O)[C@@]32C)cc1. The van der Waals surface area contributed by atoms with Gasteiger partial charge in [0, 0.05) is 13.0 Å². The number of aliphatic hydroxyl groups excluding tert-OH is 2. The molecule has 206 valence electrons. The van der Waals surface area contributed by atoms with Crippen LogP contribution < -0.4 is 10.1 Å². The van der Waals surface area contributed by atoms with Gasteiger partial charge in [-0.1, -0.05) is 32.9 Å². The molecule has 0 unspecified atom stereocenters. The van der Waals surface area contributed by atoms with Crippen molar-refractivity contribution in [3.63, 3.8) is 0 Å². The lowest BCUT2D eigenvalue weighted by molar-refractivity contribution is -0.174. The van der Waals surface area contributed by atoms with Gasteiger partial charge < -0.3 is 20.3 Å². The van der Waals surface area contributed by atoms with Crippen molar-refractivity contribution in [2.75, 3.05) is 7.11 Å². The van der Waals surface area contributed by atoms with E-state index in [0.29, 0.717) is 48.5 Å². The van der Waals surface area contributed by atoms with Crippen molar-refractivity contribution < 1.29 is 19.7 Å². The smallest absolute Gasteiger partial charge is 0.220 e. The van der Waals surface area contributed by atoms with E-state index < -0.39 is 0 Å². The molecule has 5 nitrogen and oxygen atoms in total. The van der Waals surface area contributed by atoms with Crippen LogP contribution in [0.1, 0.15) is 90.5 Å². The van der Waals surface area contributed by atoms with Crippen molar-refractivity contribution in [1.29, 1.82) is 0 Å². The number of carbonyl (C=O) groups excluding carboxylic acids is 1. The van der Waals surface area contributed by atoms with Gasteiger partial charge in [0.15, 0.2) is 0 Å². The summed E-state index contributed by atoms with van der Waals surface area (Å²) in [6, 6.07) is 7.82. The number of nitrogens with one attached hydrogen (secondary N) is 1. The summed E-state index contributed by atoms with van der Waals surface area (Å²) in [5.41, 5.74) is 1.30. The minimum Gasteiger partial charge on any atom is -0.497 e. The molecule has 0 heterocycles. The van der Waals surface area contributed by atoms with Gasteiger partial charge in [-0.15, -0.1) is 0 Å². The molecular formula is C32H49NO4. The fourth-order valence-electron chi connectivity index (χ4n) is 9.75. The molecule has 5 rings (SSSR count). The number of amides is 1. The number of methoxy groups -OCH3 is 1. The van der Waals surface area contributed by atoms with E-state index in [4.69, 9.17) is 4.74 Å². The normalized spacial score (nSPS) is 41.7. The highest BCUT2D eigenvalue weighted by Gasteiger charge is 2.63. The van der Waals surface area contributed by atoms with E-state index in [-0.39, 0.29) is 28.9 Å². The van der Waals surface area contributed by atoms with Gasteiger partial charge in [0.2, 0.25) is 5.91 Å². The molecule has 4 aliphatic carbocycles. The molecule has 1 amide bonds. The maximum Gasteiger partial charge on any atom is 0.220 e. The van der Waals surface area contributed by atoms with Gasteiger partial charge in [-0.25, -0.2) is 0 Å². The molecular weight excluding hydrogens is 462 g/mol. The number of fused-ring (bicyclic) bond motifs is 5. The summed E-state index contributed by atoms with van der Waals surface area (Å²) in [4.78, 5) is 12.7. The van der Waals surface area contributed by atoms with Crippen LogP contribution in [0.15, 0.2) is 24.3 Å². The third kappa shape index (κ3) is 4.84. The van der Waals surface area contributed by atoms with E-state index in [0.717, 1.165) is 43.4 Å². The van der Waals surface area contributed by atoms with E-state index in [2.05, 4.69) is 26.1 Å². The Bertz CT molecular complexity index is 949. The molecule has 5 heteroatoms. The first-order chi connectivity index (χ1) is 17.7. The van der Waals surface area contributed by atoms with Crippen LogP contribution in [0.25, 0.3) is 0 Å². The monoisotopic (exact) mass is 511 g/mol. The van der Waals surface area contributed by atoms with Crippen LogP contribution in [0, 0.1) is 46.3 Å². The predicted octanol–water partition coefficient (Wildman–Crippen LogP) is 5.72. The second-order valence-corrected chi connectivity index (χ2v) is 13.5. The second-order valence-electron chi connectivity index (χ2n) is 13.5. The van der Waals surface area contributed by atoms with Gasteiger partial charge in [-0.2, -0.15) is 0 Å². The van der Waals surface area contributed by atoms with Crippen molar-refractivity contribution in [3.05, 3.63) is 29.8 Å². The Morgan fingerprint density at radius 1 is 1.05 bits per heavy atom. The maximum atomic E-state index is 12.7. The summed E-state index contributed by atoms with van der Waals surface area (Å²) < 4.78 is 5.21. The number of carbonyl (C=O) groups is 1. The second kappa shape index (κ2) is 10.5. The van der Waals surface area contributed by atoms with E-state index in [1.807, 2.05) is 24.3 Å².